The van der Waals surface area contributed by atoms with Gasteiger partial charge >= 0.3 is 0 Å². The fourth-order valence-corrected chi connectivity index (χ4v) is 2.27. The first-order valence-corrected chi connectivity index (χ1v) is 7.73. The molecule has 1 aliphatic rings. The Kier molecular flexibility index (Phi) is 4.25. The van der Waals surface area contributed by atoms with Crippen molar-refractivity contribution in [1.82, 2.24) is 9.97 Å². The van der Waals surface area contributed by atoms with E-state index in [0.29, 0.717) is 5.92 Å². The summed E-state index contributed by atoms with van der Waals surface area (Å²) < 4.78 is 0. The van der Waals surface area contributed by atoms with E-state index < -0.39 is 0 Å². The van der Waals surface area contributed by atoms with Gasteiger partial charge in [-0.3, -0.25) is 0 Å². The predicted octanol–water partition coefficient (Wildman–Crippen LogP) is 4.05. The number of aromatic nitrogens is 2. The lowest BCUT2D eigenvalue weighted by molar-refractivity contribution is 0.918. The van der Waals surface area contributed by atoms with E-state index in [-0.39, 0.29) is 0 Å². The maximum atomic E-state index is 5.90. The molecular weight excluding hydrogens is 284 g/mol. The van der Waals surface area contributed by atoms with Crippen LogP contribution in [0.25, 0.3) is 0 Å². The van der Waals surface area contributed by atoms with Crippen LogP contribution < -0.4 is 10.6 Å². The average molecular weight is 303 g/mol. The number of nitrogens with one attached hydrogen (secondary N) is 2. The Bertz CT molecular complexity index is 608. The van der Waals surface area contributed by atoms with Gasteiger partial charge in [-0.25, -0.2) is 9.97 Å². The van der Waals surface area contributed by atoms with Gasteiger partial charge in [0.25, 0.3) is 0 Å². The Balaban J connectivity index is 1.72. The van der Waals surface area contributed by atoms with Crippen LogP contribution >= 0.6 is 11.6 Å². The normalized spacial score (nSPS) is 14.0. The highest BCUT2D eigenvalue weighted by atomic mass is 35.5. The summed E-state index contributed by atoms with van der Waals surface area (Å²) in [7, 11) is 0. The number of halogens is 1. The quantitative estimate of drug-likeness (QED) is 0.845. The number of rotatable bonds is 6. The van der Waals surface area contributed by atoms with Crippen molar-refractivity contribution in [2.75, 3.05) is 17.2 Å². The molecule has 0 spiro atoms. The van der Waals surface area contributed by atoms with Gasteiger partial charge in [0.2, 0.25) is 0 Å². The lowest BCUT2D eigenvalue weighted by Gasteiger charge is -2.10. The molecule has 0 unspecified atom stereocenters. The van der Waals surface area contributed by atoms with Gasteiger partial charge in [0.15, 0.2) is 0 Å². The summed E-state index contributed by atoms with van der Waals surface area (Å²) in [6.07, 6.45) is 2.40. The number of hydrogen-bond acceptors (Lipinski definition) is 4. The summed E-state index contributed by atoms with van der Waals surface area (Å²) in [6.45, 7) is 3.65. The zero-order valence-corrected chi connectivity index (χ0v) is 12.8. The third-order valence-corrected chi connectivity index (χ3v) is 3.68. The molecule has 5 heteroatoms. The van der Waals surface area contributed by atoms with Crippen LogP contribution in [0.4, 0.5) is 11.6 Å². The largest absolute Gasteiger partial charge is 0.370 e. The van der Waals surface area contributed by atoms with E-state index in [9.17, 15) is 0 Å². The summed E-state index contributed by atoms with van der Waals surface area (Å²) in [4.78, 5) is 9.19. The number of benzene rings is 1. The minimum atomic E-state index is 0.541. The van der Waals surface area contributed by atoms with Crippen molar-refractivity contribution in [2.24, 2.45) is 0 Å². The van der Waals surface area contributed by atoms with Crippen molar-refractivity contribution in [3.63, 3.8) is 0 Å². The molecule has 2 aromatic rings. The van der Waals surface area contributed by atoms with Crippen molar-refractivity contribution in [2.45, 2.75) is 32.2 Å². The molecule has 0 bridgehead atoms. The van der Waals surface area contributed by atoms with Crippen LogP contribution in [-0.2, 0) is 6.54 Å². The van der Waals surface area contributed by atoms with Gasteiger partial charge in [0.05, 0.1) is 0 Å². The first-order chi connectivity index (χ1) is 10.2. The van der Waals surface area contributed by atoms with Gasteiger partial charge < -0.3 is 10.6 Å². The average Bonchev–Trinajstić information content (AvgIpc) is 3.31. The molecule has 0 saturated heterocycles. The monoisotopic (exact) mass is 302 g/mol. The molecule has 1 aromatic carbocycles. The highest BCUT2D eigenvalue weighted by Gasteiger charge is 2.27. The van der Waals surface area contributed by atoms with Gasteiger partial charge in [-0.2, -0.15) is 0 Å². The van der Waals surface area contributed by atoms with Crippen LogP contribution in [0.2, 0.25) is 5.02 Å². The molecular formula is C16H19ClN4. The SMILES string of the molecule is CCNc1cc(NCc2ccc(Cl)cc2)nc(C2CC2)n1. The van der Waals surface area contributed by atoms with Gasteiger partial charge in [-0.15, -0.1) is 0 Å². The number of nitrogens with zero attached hydrogens (tertiary/aromatic N) is 2. The first-order valence-electron chi connectivity index (χ1n) is 7.36. The van der Waals surface area contributed by atoms with E-state index in [4.69, 9.17) is 11.6 Å². The summed E-state index contributed by atoms with van der Waals surface area (Å²) in [5.41, 5.74) is 1.18. The van der Waals surface area contributed by atoms with E-state index in [1.807, 2.05) is 30.3 Å². The van der Waals surface area contributed by atoms with Crippen LogP contribution in [0.15, 0.2) is 30.3 Å². The van der Waals surface area contributed by atoms with Crippen molar-refractivity contribution in [1.29, 1.82) is 0 Å². The van der Waals surface area contributed by atoms with Crippen molar-refractivity contribution in [3.8, 4) is 0 Å². The standard InChI is InChI=1S/C16H19ClN4/c1-2-18-14-9-15(21-16(20-14)12-5-6-12)19-10-11-3-7-13(17)8-4-11/h3-4,7-9,12H,2,5-6,10H2,1H3,(H2,18,19,20,21). The molecule has 0 amide bonds. The lowest BCUT2D eigenvalue weighted by Crippen LogP contribution is -2.07. The summed E-state index contributed by atoms with van der Waals surface area (Å²) in [6, 6.07) is 9.80. The molecule has 21 heavy (non-hydrogen) atoms. The maximum Gasteiger partial charge on any atom is 0.136 e. The maximum absolute atomic E-state index is 5.90. The van der Waals surface area contributed by atoms with E-state index in [1.165, 1.54) is 18.4 Å². The highest BCUT2D eigenvalue weighted by Crippen LogP contribution is 2.38. The van der Waals surface area contributed by atoms with E-state index >= 15 is 0 Å². The Morgan fingerprint density at radius 2 is 1.76 bits per heavy atom. The lowest BCUT2D eigenvalue weighted by atomic mass is 10.2. The fraction of sp³-hybridized carbons (Fsp3) is 0.375. The molecule has 0 atom stereocenters. The third kappa shape index (κ3) is 3.85. The molecule has 1 aliphatic carbocycles. The molecule has 1 fully saturated rings. The number of anilines is 2. The summed E-state index contributed by atoms with van der Waals surface area (Å²) in [5, 5.41) is 7.39. The molecule has 110 valence electrons. The van der Waals surface area contributed by atoms with E-state index in [0.717, 1.165) is 35.6 Å². The molecule has 1 aromatic heterocycles. The molecule has 3 rings (SSSR count). The van der Waals surface area contributed by atoms with Crippen LogP contribution in [0.1, 0.15) is 37.1 Å². The minimum absolute atomic E-state index is 0.541. The third-order valence-electron chi connectivity index (χ3n) is 3.43. The highest BCUT2D eigenvalue weighted by molar-refractivity contribution is 6.30. The molecule has 0 radical (unpaired) electrons. The topological polar surface area (TPSA) is 49.8 Å². The van der Waals surface area contributed by atoms with Crippen LogP contribution in [-0.4, -0.2) is 16.5 Å². The minimum Gasteiger partial charge on any atom is -0.370 e. The molecule has 2 N–H and O–H groups in total. The zero-order valence-electron chi connectivity index (χ0n) is 12.1. The van der Waals surface area contributed by atoms with Crippen molar-refractivity contribution < 1.29 is 0 Å². The second kappa shape index (κ2) is 6.31. The first kappa shape index (κ1) is 14.1. The predicted molar refractivity (Wildman–Crippen MR) is 86.9 cm³/mol. The molecule has 1 saturated carbocycles. The Morgan fingerprint density at radius 1 is 1.10 bits per heavy atom. The van der Waals surface area contributed by atoms with Crippen LogP contribution in [0, 0.1) is 0 Å². The van der Waals surface area contributed by atoms with E-state index in [1.54, 1.807) is 0 Å². The van der Waals surface area contributed by atoms with Gasteiger partial charge in [0, 0.05) is 30.1 Å². The fourth-order valence-electron chi connectivity index (χ4n) is 2.15. The second-order valence-corrected chi connectivity index (χ2v) is 5.72. The molecule has 4 nitrogen and oxygen atoms in total. The molecule has 1 heterocycles. The van der Waals surface area contributed by atoms with E-state index in [2.05, 4.69) is 27.5 Å². The van der Waals surface area contributed by atoms with Gasteiger partial charge in [-0.1, -0.05) is 23.7 Å². The van der Waals surface area contributed by atoms with Crippen molar-refractivity contribution in [3.05, 3.63) is 46.7 Å². The van der Waals surface area contributed by atoms with Crippen LogP contribution in [0.5, 0.6) is 0 Å². The van der Waals surface area contributed by atoms with Gasteiger partial charge in [0.1, 0.15) is 17.5 Å². The van der Waals surface area contributed by atoms with Gasteiger partial charge in [-0.05, 0) is 37.5 Å². The Labute approximate surface area is 130 Å². The number of hydrogen-bond donors (Lipinski definition) is 2. The Morgan fingerprint density at radius 3 is 2.38 bits per heavy atom. The second-order valence-electron chi connectivity index (χ2n) is 5.28. The summed E-state index contributed by atoms with van der Waals surface area (Å²) >= 11 is 5.90. The summed E-state index contributed by atoms with van der Waals surface area (Å²) in [5.74, 6) is 3.26. The zero-order chi connectivity index (χ0) is 14.7. The molecule has 0 aliphatic heterocycles. The van der Waals surface area contributed by atoms with Crippen LogP contribution in [0.3, 0.4) is 0 Å². The Hall–Kier alpha value is -1.81. The smallest absolute Gasteiger partial charge is 0.136 e. The van der Waals surface area contributed by atoms with Crippen molar-refractivity contribution >= 4 is 23.2 Å².